The number of halogens is 1. The molecule has 0 saturated carbocycles. The molecule has 40 heavy (non-hydrogen) atoms. The average molecular weight is 547 g/mol. The van der Waals surface area contributed by atoms with Crippen molar-refractivity contribution in [1.82, 2.24) is 25.5 Å². The number of pyridine rings is 1. The number of nitrogens with zero attached hydrogens (tertiary/aromatic N) is 2. The minimum absolute atomic E-state index is 0.0417. The van der Waals surface area contributed by atoms with Crippen molar-refractivity contribution >= 4 is 23.2 Å². The smallest absolute Gasteiger partial charge is 0.255 e. The van der Waals surface area contributed by atoms with Gasteiger partial charge in [-0.25, -0.2) is 4.39 Å². The topological polar surface area (TPSA) is 121 Å². The summed E-state index contributed by atoms with van der Waals surface area (Å²) in [4.78, 5) is 35.1. The van der Waals surface area contributed by atoms with E-state index in [1.54, 1.807) is 29.4 Å². The zero-order chi connectivity index (χ0) is 27.9. The molecule has 2 amide bonds. The van der Waals surface area contributed by atoms with Gasteiger partial charge >= 0.3 is 0 Å². The van der Waals surface area contributed by atoms with E-state index < -0.39 is 5.82 Å². The summed E-state index contributed by atoms with van der Waals surface area (Å²) in [5.41, 5.74) is 3.15. The number of likely N-dealkylation sites (tertiary alicyclic amines) is 1. The maximum absolute atomic E-state index is 14.6. The van der Waals surface area contributed by atoms with Gasteiger partial charge in [0.1, 0.15) is 12.4 Å². The van der Waals surface area contributed by atoms with Gasteiger partial charge < -0.3 is 35.3 Å². The van der Waals surface area contributed by atoms with E-state index in [0.29, 0.717) is 53.6 Å². The molecule has 3 aromatic rings. The van der Waals surface area contributed by atoms with E-state index in [2.05, 4.69) is 32.5 Å². The molecule has 5 heterocycles. The molecule has 2 fully saturated rings. The van der Waals surface area contributed by atoms with Gasteiger partial charge in [-0.15, -0.1) is 0 Å². The molecule has 2 atom stereocenters. The fraction of sp³-hybridized carbons (Fsp3) is 0.345. The van der Waals surface area contributed by atoms with Gasteiger partial charge in [0, 0.05) is 42.5 Å². The summed E-state index contributed by atoms with van der Waals surface area (Å²) in [7, 11) is 1.40. The molecule has 0 radical (unpaired) electrons. The first-order chi connectivity index (χ1) is 19.5. The molecule has 2 saturated heterocycles. The van der Waals surface area contributed by atoms with Crippen LogP contribution in [0.5, 0.6) is 11.5 Å². The number of methoxy groups -OCH3 is 1. The van der Waals surface area contributed by atoms with E-state index in [1.165, 1.54) is 19.3 Å². The lowest BCUT2D eigenvalue weighted by Gasteiger charge is -2.40. The number of carbonyl (C=O) groups is 2. The van der Waals surface area contributed by atoms with Gasteiger partial charge in [-0.05, 0) is 43.7 Å². The second kappa shape index (κ2) is 10.3. The number of H-pyrrole nitrogens is 1. The monoisotopic (exact) mass is 546 g/mol. The Bertz CT molecular complexity index is 1480. The number of amides is 2. The van der Waals surface area contributed by atoms with E-state index in [1.807, 2.05) is 6.07 Å². The molecule has 11 heteroatoms. The number of ether oxygens (including phenoxy) is 2. The zero-order valence-electron chi connectivity index (χ0n) is 22.2. The number of hydrogen-bond acceptors (Lipinski definition) is 7. The lowest BCUT2D eigenvalue weighted by molar-refractivity contribution is -0.134. The van der Waals surface area contributed by atoms with Crippen molar-refractivity contribution in [3.8, 4) is 22.8 Å². The minimum Gasteiger partial charge on any atom is -0.492 e. The number of aromatic amines is 1. The van der Waals surface area contributed by atoms with E-state index in [-0.39, 0.29) is 35.6 Å². The standard InChI is InChI=1S/C29H31FN6O4/c1-3-22(37)36-12-8-17(36)14-40-21-13-31-10-7-18(21)24-25(34-20-6-4-5-19(30)26(20)39-2)23-27(35-24)29(9-11-32-15-29)16-33-28(23)38/h3-7,10,13,17,32,34-35H,1,8-9,11-12,14-16H2,2H3,(H,33,38)/t17-,29+/m0/s1. The summed E-state index contributed by atoms with van der Waals surface area (Å²) in [6, 6.07) is 6.34. The maximum Gasteiger partial charge on any atom is 0.255 e. The van der Waals surface area contributed by atoms with Crippen LogP contribution in [0.15, 0.2) is 49.3 Å². The molecule has 3 aliphatic rings. The Hall–Kier alpha value is -4.38. The van der Waals surface area contributed by atoms with E-state index in [4.69, 9.17) is 9.47 Å². The summed E-state index contributed by atoms with van der Waals surface area (Å²) in [6.45, 7) is 6.56. The molecule has 0 unspecified atom stereocenters. The predicted molar refractivity (Wildman–Crippen MR) is 148 cm³/mol. The number of para-hydroxylation sites is 1. The predicted octanol–water partition coefficient (Wildman–Crippen LogP) is 3.11. The third-order valence-electron chi connectivity index (χ3n) is 8.11. The highest BCUT2D eigenvalue weighted by Crippen LogP contribution is 2.46. The molecule has 0 bridgehead atoms. The van der Waals surface area contributed by atoms with Gasteiger partial charge in [-0.1, -0.05) is 12.6 Å². The Morgan fingerprint density at radius 2 is 2.23 bits per heavy atom. The average Bonchev–Trinajstić information content (AvgIpc) is 3.57. The van der Waals surface area contributed by atoms with Gasteiger partial charge in [-0.2, -0.15) is 0 Å². The van der Waals surface area contributed by atoms with Crippen LogP contribution in [0.3, 0.4) is 0 Å². The normalized spacial score (nSPS) is 21.4. The first-order valence-corrected chi connectivity index (χ1v) is 13.3. The summed E-state index contributed by atoms with van der Waals surface area (Å²) in [6.07, 6.45) is 6.25. The molecule has 6 rings (SSSR count). The van der Waals surface area contributed by atoms with Gasteiger partial charge in [0.2, 0.25) is 5.91 Å². The third-order valence-corrected chi connectivity index (χ3v) is 8.11. The van der Waals surface area contributed by atoms with Crippen LogP contribution in [0.4, 0.5) is 15.8 Å². The van der Waals surface area contributed by atoms with Crippen molar-refractivity contribution < 1.29 is 23.5 Å². The quantitative estimate of drug-likeness (QED) is 0.321. The Balaban J connectivity index is 1.44. The maximum atomic E-state index is 14.6. The molecular weight excluding hydrogens is 515 g/mol. The van der Waals surface area contributed by atoms with Gasteiger partial charge in [-0.3, -0.25) is 14.6 Å². The van der Waals surface area contributed by atoms with Crippen LogP contribution in [0.2, 0.25) is 0 Å². The van der Waals surface area contributed by atoms with Crippen LogP contribution in [0.25, 0.3) is 11.3 Å². The number of fused-ring (bicyclic) bond motifs is 2. The number of nitrogens with one attached hydrogen (secondary N) is 4. The van der Waals surface area contributed by atoms with Crippen molar-refractivity contribution in [2.24, 2.45) is 0 Å². The Morgan fingerprint density at radius 3 is 2.95 bits per heavy atom. The highest BCUT2D eigenvalue weighted by Gasteiger charge is 2.45. The SMILES string of the molecule is C=CC(=O)N1CC[C@H]1COc1cnccc1-c1[nH]c2c(c1Nc1cccc(F)c1OC)C(=O)NC[C@]21CCNC1. The molecule has 1 spiro atoms. The zero-order valence-corrected chi connectivity index (χ0v) is 22.2. The largest absolute Gasteiger partial charge is 0.492 e. The number of rotatable bonds is 8. The summed E-state index contributed by atoms with van der Waals surface area (Å²) < 4.78 is 26.2. The molecule has 208 valence electrons. The fourth-order valence-electron chi connectivity index (χ4n) is 5.84. The van der Waals surface area contributed by atoms with Crippen LogP contribution in [0, 0.1) is 5.82 Å². The second-order valence-electron chi connectivity index (χ2n) is 10.3. The van der Waals surface area contributed by atoms with Crippen molar-refractivity contribution in [3.63, 3.8) is 0 Å². The third kappa shape index (κ3) is 4.26. The van der Waals surface area contributed by atoms with Crippen LogP contribution < -0.4 is 25.4 Å². The Kier molecular flexibility index (Phi) is 6.67. The molecule has 1 aromatic carbocycles. The molecule has 0 aliphatic carbocycles. The molecule has 3 aliphatic heterocycles. The number of aromatic nitrogens is 2. The van der Waals surface area contributed by atoms with Gasteiger partial charge in [0.25, 0.3) is 5.91 Å². The van der Waals surface area contributed by atoms with E-state index in [9.17, 15) is 14.0 Å². The van der Waals surface area contributed by atoms with Crippen LogP contribution in [0.1, 0.15) is 28.9 Å². The highest BCUT2D eigenvalue weighted by atomic mass is 19.1. The number of carbonyl (C=O) groups excluding carboxylic acids is 2. The first-order valence-electron chi connectivity index (χ1n) is 13.3. The number of anilines is 2. The van der Waals surface area contributed by atoms with Gasteiger partial charge in [0.05, 0.1) is 42.0 Å². The van der Waals surface area contributed by atoms with Crippen molar-refractivity contribution in [3.05, 3.63) is 66.4 Å². The molecule has 2 aromatic heterocycles. The minimum atomic E-state index is -0.522. The molecule has 4 N–H and O–H groups in total. The van der Waals surface area contributed by atoms with Crippen molar-refractivity contribution in [2.75, 3.05) is 45.2 Å². The summed E-state index contributed by atoms with van der Waals surface area (Å²) in [5.74, 6) is -0.337. The first kappa shape index (κ1) is 25.9. The molecule has 10 nitrogen and oxygen atoms in total. The number of benzene rings is 1. The van der Waals surface area contributed by atoms with Gasteiger partial charge in [0.15, 0.2) is 11.6 Å². The van der Waals surface area contributed by atoms with Crippen LogP contribution in [-0.2, 0) is 10.2 Å². The second-order valence-corrected chi connectivity index (χ2v) is 10.3. The van der Waals surface area contributed by atoms with E-state index in [0.717, 1.165) is 25.1 Å². The van der Waals surface area contributed by atoms with Crippen molar-refractivity contribution in [1.29, 1.82) is 0 Å². The van der Waals surface area contributed by atoms with Crippen LogP contribution in [-0.4, -0.2) is 72.6 Å². The van der Waals surface area contributed by atoms with E-state index >= 15 is 0 Å². The number of hydrogen-bond donors (Lipinski definition) is 4. The Morgan fingerprint density at radius 1 is 1.35 bits per heavy atom. The Labute approximate surface area is 231 Å². The van der Waals surface area contributed by atoms with Crippen LogP contribution >= 0.6 is 0 Å². The lowest BCUT2D eigenvalue weighted by Crippen LogP contribution is -2.53. The molecular formula is C29H31FN6O4. The highest BCUT2D eigenvalue weighted by molar-refractivity contribution is 6.07. The summed E-state index contributed by atoms with van der Waals surface area (Å²) in [5, 5.41) is 9.78. The summed E-state index contributed by atoms with van der Waals surface area (Å²) >= 11 is 0. The fourth-order valence-corrected chi connectivity index (χ4v) is 5.84. The van der Waals surface area contributed by atoms with Crippen molar-refractivity contribution in [2.45, 2.75) is 24.3 Å². The lowest BCUT2D eigenvalue weighted by atomic mass is 9.79.